The highest BCUT2D eigenvalue weighted by Gasteiger charge is 2.19. The molecule has 0 bridgehead atoms. The van der Waals surface area contributed by atoms with Crippen LogP contribution in [-0.2, 0) is 0 Å². The molecule has 142 valence electrons. The molecule has 1 amide bonds. The number of hydrogen-bond acceptors (Lipinski definition) is 4. The number of amides is 1. The molecule has 0 atom stereocenters. The topological polar surface area (TPSA) is 55.6 Å². The van der Waals surface area contributed by atoms with Gasteiger partial charge in [0.15, 0.2) is 4.96 Å². The number of imidazole rings is 1. The minimum atomic E-state index is -0.295. The van der Waals surface area contributed by atoms with Crippen LogP contribution in [0, 0.1) is 12.7 Å². The lowest BCUT2D eigenvalue weighted by Crippen LogP contribution is -2.12. The molecular weight excluding hydrogens is 401 g/mol. The Hall–Kier alpha value is -2.90. The first-order valence-corrected chi connectivity index (χ1v) is 9.55. The average molecular weight is 416 g/mol. The average Bonchev–Trinajstić information content (AvgIpc) is 3.22. The lowest BCUT2D eigenvalue weighted by molar-refractivity contribution is 0.102. The van der Waals surface area contributed by atoms with E-state index in [4.69, 9.17) is 16.3 Å². The van der Waals surface area contributed by atoms with Crippen molar-refractivity contribution in [3.05, 3.63) is 70.1 Å². The second kappa shape index (κ2) is 7.26. The van der Waals surface area contributed by atoms with E-state index in [1.807, 2.05) is 17.5 Å². The molecule has 0 spiro atoms. The van der Waals surface area contributed by atoms with Crippen LogP contribution in [0.25, 0.3) is 16.2 Å². The smallest absolute Gasteiger partial charge is 0.267 e. The second-order valence-corrected chi connectivity index (χ2v) is 7.51. The standard InChI is InChI=1S/C20H15ClFN3O2S/c1-11-18(19(26)23-15-9-13(21)5-8-17(15)27-2)28-20-24-16(10-25(11)20)12-3-6-14(22)7-4-12/h3-10H,1-2H3,(H,23,26). The molecule has 5 nitrogen and oxygen atoms in total. The van der Waals surface area contributed by atoms with E-state index in [1.54, 1.807) is 30.3 Å². The Balaban J connectivity index is 1.65. The molecule has 0 aliphatic heterocycles. The normalized spacial score (nSPS) is 11.0. The first kappa shape index (κ1) is 18.5. The zero-order valence-electron chi connectivity index (χ0n) is 15.0. The summed E-state index contributed by atoms with van der Waals surface area (Å²) in [7, 11) is 1.53. The highest BCUT2D eigenvalue weighted by atomic mass is 35.5. The van der Waals surface area contributed by atoms with E-state index in [9.17, 15) is 9.18 Å². The Morgan fingerprint density at radius 2 is 2.00 bits per heavy atom. The lowest BCUT2D eigenvalue weighted by Gasteiger charge is -2.10. The summed E-state index contributed by atoms with van der Waals surface area (Å²) in [5.41, 5.74) is 2.79. The maximum atomic E-state index is 13.1. The summed E-state index contributed by atoms with van der Waals surface area (Å²) in [6.07, 6.45) is 1.84. The van der Waals surface area contributed by atoms with Gasteiger partial charge in [-0.25, -0.2) is 9.37 Å². The van der Waals surface area contributed by atoms with E-state index < -0.39 is 0 Å². The van der Waals surface area contributed by atoms with E-state index in [-0.39, 0.29) is 11.7 Å². The number of nitrogens with zero attached hydrogens (tertiary/aromatic N) is 2. The van der Waals surface area contributed by atoms with Gasteiger partial charge in [-0.2, -0.15) is 0 Å². The van der Waals surface area contributed by atoms with Crippen molar-refractivity contribution < 1.29 is 13.9 Å². The fourth-order valence-electron chi connectivity index (χ4n) is 2.88. The molecule has 0 fully saturated rings. The summed E-state index contributed by atoms with van der Waals surface area (Å²) in [6.45, 7) is 1.85. The number of carbonyl (C=O) groups is 1. The second-order valence-electron chi connectivity index (χ2n) is 6.10. The van der Waals surface area contributed by atoms with Crippen molar-refractivity contribution >= 4 is 39.5 Å². The van der Waals surface area contributed by atoms with Gasteiger partial charge in [-0.3, -0.25) is 9.20 Å². The Labute approximate surface area is 169 Å². The van der Waals surface area contributed by atoms with Crippen LogP contribution in [0.5, 0.6) is 5.75 Å². The van der Waals surface area contributed by atoms with Crippen molar-refractivity contribution in [1.82, 2.24) is 9.38 Å². The largest absolute Gasteiger partial charge is 0.495 e. The first-order chi connectivity index (χ1) is 13.5. The van der Waals surface area contributed by atoms with Crippen molar-refractivity contribution in [2.24, 2.45) is 0 Å². The molecule has 8 heteroatoms. The summed E-state index contributed by atoms with van der Waals surface area (Å²) in [5.74, 6) is -0.0383. The number of aryl methyl sites for hydroxylation is 1. The van der Waals surface area contributed by atoms with E-state index in [1.165, 1.54) is 30.6 Å². The minimum Gasteiger partial charge on any atom is -0.495 e. The van der Waals surface area contributed by atoms with Crippen molar-refractivity contribution in [2.75, 3.05) is 12.4 Å². The summed E-state index contributed by atoms with van der Waals surface area (Å²) in [5, 5.41) is 3.34. The molecule has 4 aromatic rings. The molecule has 0 aliphatic rings. The molecule has 1 N–H and O–H groups in total. The molecule has 2 heterocycles. The van der Waals surface area contributed by atoms with Crippen LogP contribution < -0.4 is 10.1 Å². The van der Waals surface area contributed by atoms with Crippen LogP contribution >= 0.6 is 22.9 Å². The maximum Gasteiger partial charge on any atom is 0.267 e. The molecule has 0 aliphatic carbocycles. The molecule has 2 aromatic carbocycles. The lowest BCUT2D eigenvalue weighted by atomic mass is 10.2. The molecule has 2 aromatic heterocycles. The number of benzene rings is 2. The van der Waals surface area contributed by atoms with Gasteiger partial charge < -0.3 is 10.1 Å². The number of fused-ring (bicyclic) bond motifs is 1. The van der Waals surface area contributed by atoms with E-state index in [0.717, 1.165) is 17.0 Å². The Bertz CT molecular complexity index is 1180. The number of anilines is 1. The maximum absolute atomic E-state index is 13.1. The van der Waals surface area contributed by atoms with E-state index in [2.05, 4.69) is 10.3 Å². The number of methoxy groups -OCH3 is 1. The number of rotatable bonds is 4. The number of thiazole rings is 1. The van der Waals surface area contributed by atoms with Gasteiger partial charge >= 0.3 is 0 Å². The van der Waals surface area contributed by atoms with Crippen molar-refractivity contribution in [3.8, 4) is 17.0 Å². The third kappa shape index (κ3) is 3.34. The first-order valence-electron chi connectivity index (χ1n) is 8.35. The highest BCUT2D eigenvalue weighted by molar-refractivity contribution is 7.19. The number of nitrogens with one attached hydrogen (secondary N) is 1. The van der Waals surface area contributed by atoms with Crippen LogP contribution in [-0.4, -0.2) is 22.4 Å². The summed E-state index contributed by atoms with van der Waals surface area (Å²) < 4.78 is 20.3. The van der Waals surface area contributed by atoms with Crippen LogP contribution in [0.4, 0.5) is 10.1 Å². The molecule has 0 saturated carbocycles. The zero-order valence-corrected chi connectivity index (χ0v) is 16.6. The SMILES string of the molecule is COc1ccc(Cl)cc1NC(=O)c1sc2nc(-c3ccc(F)cc3)cn2c1C. The van der Waals surface area contributed by atoms with Crippen molar-refractivity contribution in [2.45, 2.75) is 6.92 Å². The van der Waals surface area contributed by atoms with Gasteiger partial charge in [-0.1, -0.05) is 22.9 Å². The number of hydrogen-bond donors (Lipinski definition) is 1. The molecular formula is C20H15ClFN3O2S. The predicted octanol–water partition coefficient (Wildman–Crippen LogP) is 5.42. The fourth-order valence-corrected chi connectivity index (χ4v) is 4.05. The Kier molecular flexibility index (Phi) is 4.78. The Morgan fingerprint density at radius 3 is 2.68 bits per heavy atom. The third-order valence-corrected chi connectivity index (χ3v) is 5.70. The zero-order chi connectivity index (χ0) is 19.8. The van der Waals surface area contributed by atoms with Crippen LogP contribution in [0.1, 0.15) is 15.4 Å². The van der Waals surface area contributed by atoms with Gasteiger partial charge in [0.1, 0.15) is 16.4 Å². The molecule has 0 unspecified atom stereocenters. The van der Waals surface area contributed by atoms with Gasteiger partial charge in [0.25, 0.3) is 5.91 Å². The van der Waals surface area contributed by atoms with Crippen molar-refractivity contribution in [1.29, 1.82) is 0 Å². The number of carbonyl (C=O) groups excluding carboxylic acids is 1. The minimum absolute atomic E-state index is 0.267. The summed E-state index contributed by atoms with van der Waals surface area (Å²) in [6, 6.07) is 11.2. The van der Waals surface area contributed by atoms with Gasteiger partial charge in [-0.15, -0.1) is 0 Å². The van der Waals surface area contributed by atoms with Gasteiger partial charge in [-0.05, 0) is 49.4 Å². The van der Waals surface area contributed by atoms with Gasteiger partial charge in [0.05, 0.1) is 18.5 Å². The van der Waals surface area contributed by atoms with Crippen LogP contribution in [0.15, 0.2) is 48.7 Å². The number of halogens is 2. The summed E-state index contributed by atoms with van der Waals surface area (Å²) in [4.78, 5) is 18.6. The summed E-state index contributed by atoms with van der Waals surface area (Å²) >= 11 is 7.30. The molecule has 0 saturated heterocycles. The quantitative estimate of drug-likeness (QED) is 0.484. The monoisotopic (exact) mass is 415 g/mol. The molecule has 28 heavy (non-hydrogen) atoms. The predicted molar refractivity (Wildman–Crippen MR) is 109 cm³/mol. The van der Waals surface area contributed by atoms with Crippen molar-refractivity contribution in [3.63, 3.8) is 0 Å². The molecule has 4 rings (SSSR count). The van der Waals surface area contributed by atoms with E-state index >= 15 is 0 Å². The number of ether oxygens (including phenoxy) is 1. The number of aromatic nitrogens is 2. The van der Waals surface area contributed by atoms with Gasteiger partial charge in [0.2, 0.25) is 0 Å². The van der Waals surface area contributed by atoms with Crippen LogP contribution in [0.3, 0.4) is 0 Å². The fraction of sp³-hybridized carbons (Fsp3) is 0.100. The van der Waals surface area contributed by atoms with E-state index in [0.29, 0.717) is 26.3 Å². The molecule has 0 radical (unpaired) electrons. The van der Waals surface area contributed by atoms with Crippen LogP contribution in [0.2, 0.25) is 5.02 Å². The highest BCUT2D eigenvalue weighted by Crippen LogP contribution is 2.31. The van der Waals surface area contributed by atoms with Gasteiger partial charge in [0, 0.05) is 22.5 Å². The Morgan fingerprint density at radius 1 is 1.25 bits per heavy atom. The third-order valence-electron chi connectivity index (χ3n) is 4.31.